The van der Waals surface area contributed by atoms with Crippen LogP contribution in [0.1, 0.15) is 35.6 Å². The van der Waals surface area contributed by atoms with Gasteiger partial charge in [0.1, 0.15) is 0 Å². The van der Waals surface area contributed by atoms with Gasteiger partial charge in [0.15, 0.2) is 0 Å². The second-order valence-electron chi connectivity index (χ2n) is 8.36. The highest BCUT2D eigenvalue weighted by Gasteiger charge is 2.47. The standard InChI is InChI=1S/C24H26F3N3O2S/c1-17-6-8-21(9-7-17)33(31,32)30-13-11-19(24(25,26)27)14-23(30)22-5-3-2-4-18(22)15-29-20-10-12-28-16-20/h2-10,12,16,19,23,28-29H,11,13-15H2,1H3. The summed E-state index contributed by atoms with van der Waals surface area (Å²) in [5, 5.41) is 3.23. The van der Waals surface area contributed by atoms with Crippen molar-refractivity contribution in [2.75, 3.05) is 11.9 Å². The van der Waals surface area contributed by atoms with Crippen molar-refractivity contribution in [3.63, 3.8) is 0 Å². The molecule has 9 heteroatoms. The molecule has 0 saturated carbocycles. The van der Waals surface area contributed by atoms with Gasteiger partial charge in [-0.1, -0.05) is 42.0 Å². The van der Waals surface area contributed by atoms with Gasteiger partial charge in [0, 0.05) is 25.5 Å². The summed E-state index contributed by atoms with van der Waals surface area (Å²) >= 11 is 0. The molecule has 2 atom stereocenters. The number of aromatic amines is 1. The summed E-state index contributed by atoms with van der Waals surface area (Å²) in [6.45, 7) is 2.02. The van der Waals surface area contributed by atoms with E-state index < -0.39 is 28.2 Å². The number of rotatable bonds is 6. The van der Waals surface area contributed by atoms with Crippen LogP contribution in [-0.4, -0.2) is 30.4 Å². The zero-order valence-corrected chi connectivity index (χ0v) is 19.0. The number of aryl methyl sites for hydroxylation is 1. The first-order valence-corrected chi connectivity index (χ1v) is 12.2. The van der Waals surface area contributed by atoms with Crippen molar-refractivity contribution in [3.05, 3.63) is 83.7 Å². The molecule has 1 aliphatic rings. The van der Waals surface area contributed by atoms with E-state index in [0.29, 0.717) is 12.1 Å². The Labute approximate surface area is 191 Å². The normalized spacial score (nSPS) is 20.0. The Morgan fingerprint density at radius 2 is 1.82 bits per heavy atom. The summed E-state index contributed by atoms with van der Waals surface area (Å²) in [4.78, 5) is 3.03. The van der Waals surface area contributed by atoms with Crippen LogP contribution in [0.3, 0.4) is 0 Å². The number of halogens is 3. The SMILES string of the molecule is Cc1ccc(S(=O)(=O)N2CCC(C(F)(F)F)CC2c2ccccc2CNc2cc[nH]c2)cc1. The molecule has 1 aliphatic heterocycles. The summed E-state index contributed by atoms with van der Waals surface area (Å²) in [5.41, 5.74) is 3.09. The molecule has 0 aliphatic carbocycles. The van der Waals surface area contributed by atoms with Gasteiger partial charge in [-0.15, -0.1) is 0 Å². The lowest BCUT2D eigenvalue weighted by Crippen LogP contribution is -2.44. The van der Waals surface area contributed by atoms with Crippen molar-refractivity contribution in [3.8, 4) is 0 Å². The van der Waals surface area contributed by atoms with E-state index in [1.54, 1.807) is 42.7 Å². The molecule has 2 heterocycles. The number of sulfonamides is 1. The number of benzene rings is 2. The maximum absolute atomic E-state index is 13.7. The Morgan fingerprint density at radius 3 is 2.48 bits per heavy atom. The molecule has 0 bridgehead atoms. The minimum absolute atomic E-state index is 0.0893. The smallest absolute Gasteiger partial charge is 0.380 e. The first kappa shape index (κ1) is 23.4. The third-order valence-electron chi connectivity index (χ3n) is 6.14. The van der Waals surface area contributed by atoms with E-state index in [9.17, 15) is 21.6 Å². The average Bonchev–Trinajstić information content (AvgIpc) is 3.31. The number of H-pyrrole nitrogens is 1. The van der Waals surface area contributed by atoms with Crippen molar-refractivity contribution in [1.82, 2.24) is 9.29 Å². The third kappa shape index (κ3) is 5.09. The number of nitrogens with zero attached hydrogens (tertiary/aromatic N) is 1. The second-order valence-corrected chi connectivity index (χ2v) is 10.3. The molecule has 2 N–H and O–H groups in total. The monoisotopic (exact) mass is 477 g/mol. The molecule has 0 radical (unpaired) electrons. The predicted octanol–water partition coefficient (Wildman–Crippen LogP) is 5.64. The predicted molar refractivity (Wildman–Crippen MR) is 121 cm³/mol. The summed E-state index contributed by atoms with van der Waals surface area (Å²) in [6, 6.07) is 14.4. The van der Waals surface area contributed by atoms with Crippen LogP contribution >= 0.6 is 0 Å². The van der Waals surface area contributed by atoms with E-state index >= 15 is 0 Å². The molecule has 1 fully saturated rings. The number of nitrogens with one attached hydrogen (secondary N) is 2. The van der Waals surface area contributed by atoms with E-state index in [1.165, 1.54) is 16.4 Å². The molecule has 1 aromatic heterocycles. The Balaban J connectivity index is 1.72. The van der Waals surface area contributed by atoms with E-state index in [2.05, 4.69) is 10.3 Å². The third-order valence-corrected chi connectivity index (χ3v) is 8.06. The molecule has 2 unspecified atom stereocenters. The number of aromatic nitrogens is 1. The van der Waals surface area contributed by atoms with Gasteiger partial charge in [-0.3, -0.25) is 0 Å². The molecule has 0 amide bonds. The van der Waals surface area contributed by atoms with E-state index in [1.807, 2.05) is 19.1 Å². The van der Waals surface area contributed by atoms with Gasteiger partial charge in [0.25, 0.3) is 0 Å². The summed E-state index contributed by atoms with van der Waals surface area (Å²) in [6.07, 6.45) is -1.41. The highest BCUT2D eigenvalue weighted by atomic mass is 32.2. The molecular formula is C24H26F3N3O2S. The molecule has 2 aromatic carbocycles. The fourth-order valence-electron chi connectivity index (χ4n) is 4.31. The number of hydrogen-bond donors (Lipinski definition) is 2. The highest BCUT2D eigenvalue weighted by Crippen LogP contribution is 2.45. The topological polar surface area (TPSA) is 65.2 Å². The van der Waals surface area contributed by atoms with Gasteiger partial charge in [-0.05, 0) is 49.1 Å². The van der Waals surface area contributed by atoms with Crippen LogP contribution in [0.2, 0.25) is 0 Å². The van der Waals surface area contributed by atoms with Crippen molar-refractivity contribution in [1.29, 1.82) is 0 Å². The maximum atomic E-state index is 13.7. The second kappa shape index (κ2) is 9.23. The molecule has 5 nitrogen and oxygen atoms in total. The van der Waals surface area contributed by atoms with Crippen molar-refractivity contribution >= 4 is 15.7 Å². The molecular weight excluding hydrogens is 451 g/mol. The van der Waals surface area contributed by atoms with Crippen molar-refractivity contribution in [2.45, 2.75) is 43.4 Å². The van der Waals surface area contributed by atoms with Gasteiger partial charge in [-0.2, -0.15) is 17.5 Å². The number of piperidine rings is 1. The van der Waals surface area contributed by atoms with Crippen LogP contribution in [0.15, 0.2) is 71.9 Å². The van der Waals surface area contributed by atoms with Gasteiger partial charge < -0.3 is 10.3 Å². The van der Waals surface area contributed by atoms with Crippen LogP contribution in [0.4, 0.5) is 18.9 Å². The van der Waals surface area contributed by atoms with E-state index in [0.717, 1.165) is 16.8 Å². The largest absolute Gasteiger partial charge is 0.391 e. The van der Waals surface area contributed by atoms with E-state index in [-0.39, 0.29) is 24.3 Å². The van der Waals surface area contributed by atoms with Gasteiger partial charge >= 0.3 is 6.18 Å². The molecule has 3 aromatic rings. The lowest BCUT2D eigenvalue weighted by atomic mass is 9.86. The molecule has 176 valence electrons. The minimum Gasteiger partial charge on any atom is -0.380 e. The molecule has 1 saturated heterocycles. The molecule has 4 rings (SSSR count). The zero-order chi connectivity index (χ0) is 23.6. The van der Waals surface area contributed by atoms with Crippen LogP contribution in [-0.2, 0) is 16.6 Å². The van der Waals surface area contributed by atoms with Crippen molar-refractivity contribution < 1.29 is 21.6 Å². The van der Waals surface area contributed by atoms with E-state index in [4.69, 9.17) is 0 Å². The Kier molecular flexibility index (Phi) is 6.54. The van der Waals surface area contributed by atoms with Crippen LogP contribution < -0.4 is 5.32 Å². The average molecular weight is 478 g/mol. The summed E-state index contributed by atoms with van der Waals surface area (Å²) in [5.74, 6) is -1.56. The van der Waals surface area contributed by atoms with Crippen molar-refractivity contribution in [2.24, 2.45) is 5.92 Å². The Morgan fingerprint density at radius 1 is 1.09 bits per heavy atom. The molecule has 0 spiro atoms. The van der Waals surface area contributed by atoms with Gasteiger partial charge in [0.05, 0.1) is 22.5 Å². The lowest BCUT2D eigenvalue weighted by molar-refractivity contribution is -0.187. The maximum Gasteiger partial charge on any atom is 0.391 e. The lowest BCUT2D eigenvalue weighted by Gasteiger charge is -2.40. The summed E-state index contributed by atoms with van der Waals surface area (Å²) in [7, 11) is -3.98. The fraction of sp³-hybridized carbons (Fsp3) is 0.333. The van der Waals surface area contributed by atoms with Crippen LogP contribution in [0.5, 0.6) is 0 Å². The number of alkyl halides is 3. The summed E-state index contributed by atoms with van der Waals surface area (Å²) < 4.78 is 69.3. The number of hydrogen-bond acceptors (Lipinski definition) is 3. The highest BCUT2D eigenvalue weighted by molar-refractivity contribution is 7.89. The van der Waals surface area contributed by atoms with Gasteiger partial charge in [0.2, 0.25) is 10.0 Å². The first-order chi connectivity index (χ1) is 15.7. The van der Waals surface area contributed by atoms with Crippen LogP contribution in [0, 0.1) is 12.8 Å². The van der Waals surface area contributed by atoms with Gasteiger partial charge in [-0.25, -0.2) is 8.42 Å². The quantitative estimate of drug-likeness (QED) is 0.483. The van der Waals surface area contributed by atoms with Crippen LogP contribution in [0.25, 0.3) is 0 Å². The Bertz CT molecular complexity index is 1180. The Hall–Kier alpha value is -2.78. The molecule has 33 heavy (non-hydrogen) atoms. The minimum atomic E-state index is -4.38. The first-order valence-electron chi connectivity index (χ1n) is 10.8. The fourth-order valence-corrected chi connectivity index (χ4v) is 5.94. The zero-order valence-electron chi connectivity index (χ0n) is 18.1. The number of anilines is 1.